The largest absolute Gasteiger partial charge is 0.307 e. The Bertz CT molecular complexity index is 532. The molecule has 0 bridgehead atoms. The molecule has 0 atom stereocenters. The third-order valence-electron chi connectivity index (χ3n) is 2.06. The molecular formula is C10H6NS. The van der Waals surface area contributed by atoms with E-state index >= 15 is 0 Å². The number of aromatic nitrogens is 1. The van der Waals surface area contributed by atoms with Gasteiger partial charge in [0.15, 0.2) is 0 Å². The summed E-state index contributed by atoms with van der Waals surface area (Å²) in [4.78, 5) is 1.26. The van der Waals surface area contributed by atoms with E-state index in [-0.39, 0.29) is 0 Å². The van der Waals surface area contributed by atoms with Crippen molar-refractivity contribution in [2.45, 2.75) is 0 Å². The molecular weight excluding hydrogens is 166 g/mol. The molecule has 12 heavy (non-hydrogen) atoms. The van der Waals surface area contributed by atoms with Crippen molar-refractivity contribution in [2.75, 3.05) is 0 Å². The van der Waals surface area contributed by atoms with Crippen LogP contribution in [0.3, 0.4) is 0 Å². The number of nitrogens with zero attached hydrogens (tertiary/aromatic N) is 1. The number of para-hydroxylation sites is 1. The van der Waals surface area contributed by atoms with E-state index < -0.39 is 0 Å². The lowest BCUT2D eigenvalue weighted by Crippen LogP contribution is -1.73. The Morgan fingerprint density at radius 2 is 2.17 bits per heavy atom. The van der Waals surface area contributed by atoms with Crippen LogP contribution < -0.4 is 0 Å². The highest BCUT2D eigenvalue weighted by molar-refractivity contribution is 7.15. The molecule has 2 aromatic heterocycles. The SMILES string of the molecule is [c]1cn2c(cc3ccccc32)s1. The van der Waals surface area contributed by atoms with Gasteiger partial charge in [-0.2, -0.15) is 0 Å². The minimum absolute atomic E-state index is 1.26. The first-order chi connectivity index (χ1) is 5.95. The zero-order valence-electron chi connectivity index (χ0n) is 6.32. The lowest BCUT2D eigenvalue weighted by Gasteiger charge is -1.88. The van der Waals surface area contributed by atoms with Crippen molar-refractivity contribution >= 4 is 27.1 Å². The minimum Gasteiger partial charge on any atom is -0.307 e. The summed E-state index contributed by atoms with van der Waals surface area (Å²) in [6, 6.07) is 10.6. The quantitative estimate of drug-likeness (QED) is 0.491. The second kappa shape index (κ2) is 2.11. The summed E-state index contributed by atoms with van der Waals surface area (Å²) in [5, 5.41) is 4.42. The standard InChI is InChI=1S/C10H6NS/c1-2-4-9-8(3-1)7-10-11(9)5-6-12-10/h1-5,7H. The molecule has 2 heterocycles. The van der Waals surface area contributed by atoms with Crippen LogP contribution in [0.4, 0.5) is 0 Å². The third-order valence-corrected chi connectivity index (χ3v) is 2.80. The van der Waals surface area contributed by atoms with Crippen LogP contribution in [0.2, 0.25) is 0 Å². The van der Waals surface area contributed by atoms with Crippen LogP contribution in [0.15, 0.2) is 36.5 Å². The van der Waals surface area contributed by atoms with E-state index in [9.17, 15) is 0 Å². The summed E-state index contributed by atoms with van der Waals surface area (Å²) >= 11 is 1.65. The van der Waals surface area contributed by atoms with Crippen LogP contribution in [0.1, 0.15) is 0 Å². The van der Waals surface area contributed by atoms with Crippen LogP contribution in [0.25, 0.3) is 15.7 Å². The monoisotopic (exact) mass is 172 g/mol. The Balaban J connectivity index is 2.68. The second-order valence-corrected chi connectivity index (χ2v) is 3.62. The predicted octanol–water partition coefficient (Wildman–Crippen LogP) is 2.95. The van der Waals surface area contributed by atoms with Crippen molar-refractivity contribution in [3.8, 4) is 0 Å². The molecule has 0 unspecified atom stereocenters. The molecule has 0 N–H and O–H groups in total. The molecule has 2 heteroatoms. The van der Waals surface area contributed by atoms with E-state index in [2.05, 4.69) is 40.1 Å². The Hall–Kier alpha value is -1.28. The molecule has 0 saturated carbocycles. The average Bonchev–Trinajstić information content (AvgIpc) is 2.62. The molecule has 1 aromatic carbocycles. The average molecular weight is 172 g/mol. The van der Waals surface area contributed by atoms with Gasteiger partial charge in [-0.15, -0.1) is 11.3 Å². The van der Waals surface area contributed by atoms with Gasteiger partial charge in [-0.25, -0.2) is 0 Å². The van der Waals surface area contributed by atoms with Crippen LogP contribution in [0.5, 0.6) is 0 Å². The normalized spacial score (nSPS) is 11.3. The molecule has 1 nitrogen and oxygen atoms in total. The molecule has 0 saturated heterocycles. The first kappa shape index (κ1) is 6.26. The third kappa shape index (κ3) is 0.676. The Labute approximate surface area is 73.9 Å². The summed E-state index contributed by atoms with van der Waals surface area (Å²) in [6.07, 6.45) is 1.99. The van der Waals surface area contributed by atoms with E-state index in [4.69, 9.17) is 0 Å². The smallest absolute Gasteiger partial charge is 0.101 e. The molecule has 57 valence electrons. The number of thiazole rings is 1. The molecule has 0 aliphatic rings. The molecule has 0 fully saturated rings. The minimum atomic E-state index is 1.26. The lowest BCUT2D eigenvalue weighted by atomic mass is 10.3. The predicted molar refractivity (Wildman–Crippen MR) is 51.6 cm³/mol. The Kier molecular flexibility index (Phi) is 1.10. The van der Waals surface area contributed by atoms with Gasteiger partial charge in [-0.1, -0.05) is 18.2 Å². The maximum atomic E-state index is 3.11. The topological polar surface area (TPSA) is 4.41 Å². The summed E-state index contributed by atoms with van der Waals surface area (Å²) in [7, 11) is 0. The van der Waals surface area contributed by atoms with Gasteiger partial charge in [0, 0.05) is 11.6 Å². The molecule has 3 aromatic rings. The summed E-state index contributed by atoms with van der Waals surface area (Å²) < 4.78 is 2.17. The number of hydrogen-bond acceptors (Lipinski definition) is 1. The van der Waals surface area contributed by atoms with Gasteiger partial charge in [0.25, 0.3) is 0 Å². The number of benzene rings is 1. The van der Waals surface area contributed by atoms with Gasteiger partial charge in [-0.3, -0.25) is 0 Å². The van der Waals surface area contributed by atoms with E-state index in [1.807, 2.05) is 6.20 Å². The molecule has 1 radical (unpaired) electrons. The van der Waals surface area contributed by atoms with Crippen LogP contribution >= 0.6 is 11.3 Å². The highest BCUT2D eigenvalue weighted by Gasteiger charge is 2.00. The van der Waals surface area contributed by atoms with Crippen molar-refractivity contribution in [3.63, 3.8) is 0 Å². The fourth-order valence-corrected chi connectivity index (χ4v) is 2.22. The molecule has 3 rings (SSSR count). The molecule has 0 spiro atoms. The maximum absolute atomic E-state index is 3.11. The van der Waals surface area contributed by atoms with E-state index in [1.165, 1.54) is 15.7 Å². The van der Waals surface area contributed by atoms with E-state index in [0.29, 0.717) is 0 Å². The molecule has 0 amide bonds. The lowest BCUT2D eigenvalue weighted by molar-refractivity contribution is 1.30. The van der Waals surface area contributed by atoms with Crippen molar-refractivity contribution in [1.82, 2.24) is 4.40 Å². The summed E-state index contributed by atoms with van der Waals surface area (Å²) in [5.74, 6) is 0. The fourth-order valence-electron chi connectivity index (χ4n) is 1.50. The number of fused-ring (bicyclic) bond motifs is 3. The zero-order valence-corrected chi connectivity index (χ0v) is 7.14. The van der Waals surface area contributed by atoms with E-state index in [1.54, 1.807) is 11.3 Å². The van der Waals surface area contributed by atoms with Crippen LogP contribution in [0, 0.1) is 5.38 Å². The van der Waals surface area contributed by atoms with Gasteiger partial charge in [0.1, 0.15) is 4.83 Å². The van der Waals surface area contributed by atoms with Gasteiger partial charge in [-0.05, 0) is 12.1 Å². The highest BCUT2D eigenvalue weighted by Crippen LogP contribution is 2.22. The van der Waals surface area contributed by atoms with Crippen LogP contribution in [-0.2, 0) is 0 Å². The Morgan fingerprint density at radius 3 is 3.17 bits per heavy atom. The van der Waals surface area contributed by atoms with Crippen molar-refractivity contribution in [1.29, 1.82) is 0 Å². The van der Waals surface area contributed by atoms with Crippen molar-refractivity contribution in [3.05, 3.63) is 41.9 Å². The second-order valence-electron chi connectivity index (χ2n) is 2.76. The van der Waals surface area contributed by atoms with E-state index in [0.717, 1.165) is 0 Å². The fraction of sp³-hybridized carbons (Fsp3) is 0. The van der Waals surface area contributed by atoms with Gasteiger partial charge >= 0.3 is 0 Å². The summed E-state index contributed by atoms with van der Waals surface area (Å²) in [6.45, 7) is 0. The maximum Gasteiger partial charge on any atom is 0.101 e. The Morgan fingerprint density at radius 1 is 1.25 bits per heavy atom. The van der Waals surface area contributed by atoms with Crippen molar-refractivity contribution < 1.29 is 0 Å². The van der Waals surface area contributed by atoms with Gasteiger partial charge in [0.05, 0.1) is 10.9 Å². The first-order valence-electron chi connectivity index (χ1n) is 3.81. The molecule has 0 aliphatic carbocycles. The van der Waals surface area contributed by atoms with Gasteiger partial charge in [0.2, 0.25) is 0 Å². The first-order valence-corrected chi connectivity index (χ1v) is 4.62. The highest BCUT2D eigenvalue weighted by atomic mass is 32.1. The van der Waals surface area contributed by atoms with Crippen LogP contribution in [-0.4, -0.2) is 4.40 Å². The molecule has 0 aliphatic heterocycles. The zero-order chi connectivity index (χ0) is 7.97. The van der Waals surface area contributed by atoms with Crippen molar-refractivity contribution in [2.24, 2.45) is 0 Å². The summed E-state index contributed by atoms with van der Waals surface area (Å²) in [5.41, 5.74) is 1.27. The van der Waals surface area contributed by atoms with Gasteiger partial charge < -0.3 is 4.40 Å². The number of hydrogen-bond donors (Lipinski definition) is 0. The number of rotatable bonds is 0.